The van der Waals surface area contributed by atoms with Crippen molar-refractivity contribution in [1.82, 2.24) is 0 Å². The van der Waals surface area contributed by atoms with Gasteiger partial charge in [-0.2, -0.15) is 0 Å². The van der Waals surface area contributed by atoms with E-state index in [1.54, 1.807) is 25.2 Å². The normalized spacial score (nSPS) is 27.8. The number of esters is 1. The number of ketones is 1. The molecule has 0 saturated heterocycles. The number of carbonyl (C=O) groups excluding carboxylic acids is 3. The second-order valence-corrected chi connectivity index (χ2v) is 7.62. The van der Waals surface area contributed by atoms with Crippen LogP contribution in [0.1, 0.15) is 40.5 Å². The zero-order chi connectivity index (χ0) is 19.6. The average Bonchev–Trinajstić information content (AvgIpc) is 2.99. The molecule has 3 atom stereocenters. The Morgan fingerprint density at radius 1 is 1.38 bits per heavy atom. The summed E-state index contributed by atoms with van der Waals surface area (Å²) in [4.78, 5) is 36.1. The highest BCUT2D eigenvalue weighted by atomic mass is 16.5. The van der Waals surface area contributed by atoms with Crippen LogP contribution in [0.25, 0.3) is 0 Å². The van der Waals surface area contributed by atoms with Crippen LogP contribution >= 0.6 is 0 Å². The summed E-state index contributed by atoms with van der Waals surface area (Å²) in [5.74, 6) is -1.21. The van der Waals surface area contributed by atoms with Crippen LogP contribution in [0.3, 0.4) is 0 Å². The standard InChI is InChI=1S/C21H27NO4/c1-6-7-8-9-14-13(3)17(11-16(14)23)26-20(25)18-15(21(18,4)5)10-12(2)19(22)24/h6-8,10,15,17-18H,1,9,11H2,2-5H3,(H2,22,24)/b8-7+,12-10+. The van der Waals surface area contributed by atoms with Crippen LogP contribution in [-0.2, 0) is 19.1 Å². The first-order valence-corrected chi connectivity index (χ1v) is 8.80. The van der Waals surface area contributed by atoms with E-state index in [1.807, 2.05) is 26.8 Å². The second kappa shape index (κ2) is 7.44. The van der Waals surface area contributed by atoms with Gasteiger partial charge in [-0.25, -0.2) is 0 Å². The van der Waals surface area contributed by atoms with E-state index in [-0.39, 0.29) is 35.4 Å². The van der Waals surface area contributed by atoms with Crippen molar-refractivity contribution in [3.8, 4) is 0 Å². The van der Waals surface area contributed by atoms with Crippen molar-refractivity contribution in [3.05, 3.63) is 47.6 Å². The topological polar surface area (TPSA) is 86.5 Å². The van der Waals surface area contributed by atoms with Crippen molar-refractivity contribution in [2.45, 2.75) is 46.6 Å². The van der Waals surface area contributed by atoms with Crippen molar-refractivity contribution in [1.29, 1.82) is 0 Å². The van der Waals surface area contributed by atoms with Gasteiger partial charge in [0.25, 0.3) is 0 Å². The van der Waals surface area contributed by atoms with E-state index in [4.69, 9.17) is 10.5 Å². The lowest BCUT2D eigenvalue weighted by molar-refractivity contribution is -0.150. The van der Waals surface area contributed by atoms with Gasteiger partial charge in [-0.05, 0) is 37.2 Å². The zero-order valence-corrected chi connectivity index (χ0v) is 15.9. The van der Waals surface area contributed by atoms with Gasteiger partial charge in [-0.1, -0.05) is 44.7 Å². The number of hydrogen-bond acceptors (Lipinski definition) is 4. The highest BCUT2D eigenvalue weighted by Crippen LogP contribution is 2.60. The molecule has 0 aromatic heterocycles. The minimum Gasteiger partial charge on any atom is -0.457 e. The SMILES string of the molecule is C=C/C=C/CC1=C(C)C(OC(=O)C2C(/C=C(\C)C(N)=O)C2(C)C)CC1=O. The van der Waals surface area contributed by atoms with Gasteiger partial charge in [0, 0.05) is 11.1 Å². The Kier molecular flexibility index (Phi) is 5.69. The number of hydrogen-bond donors (Lipinski definition) is 1. The third-order valence-corrected chi connectivity index (χ3v) is 5.50. The maximum absolute atomic E-state index is 12.6. The first-order valence-electron chi connectivity index (χ1n) is 8.80. The lowest BCUT2D eigenvalue weighted by atomic mass is 10.1. The Hall–Kier alpha value is -2.43. The number of primary amides is 1. The molecule has 2 N–H and O–H groups in total. The van der Waals surface area contributed by atoms with Crippen LogP contribution in [0.4, 0.5) is 0 Å². The van der Waals surface area contributed by atoms with Crippen LogP contribution in [0, 0.1) is 17.3 Å². The molecule has 0 bridgehead atoms. The first-order chi connectivity index (χ1) is 12.1. The monoisotopic (exact) mass is 357 g/mol. The number of ether oxygens (including phenoxy) is 1. The largest absolute Gasteiger partial charge is 0.457 e. The molecule has 0 aromatic rings. The minimum absolute atomic E-state index is 0.0186. The summed E-state index contributed by atoms with van der Waals surface area (Å²) in [6.45, 7) is 11.0. The second-order valence-electron chi connectivity index (χ2n) is 7.62. The van der Waals surface area contributed by atoms with E-state index < -0.39 is 12.0 Å². The molecule has 1 saturated carbocycles. The van der Waals surface area contributed by atoms with Crippen LogP contribution in [0.5, 0.6) is 0 Å². The van der Waals surface area contributed by atoms with Crippen molar-refractivity contribution in [2.75, 3.05) is 0 Å². The predicted molar refractivity (Wildman–Crippen MR) is 99.9 cm³/mol. The molecule has 0 aliphatic heterocycles. The Morgan fingerprint density at radius 3 is 2.62 bits per heavy atom. The summed E-state index contributed by atoms with van der Waals surface area (Å²) >= 11 is 0. The van der Waals surface area contributed by atoms with E-state index in [0.717, 1.165) is 5.57 Å². The Morgan fingerprint density at radius 2 is 2.04 bits per heavy atom. The summed E-state index contributed by atoms with van der Waals surface area (Å²) in [6.07, 6.45) is 7.28. The maximum atomic E-state index is 12.6. The number of allylic oxidation sites excluding steroid dienone is 5. The highest BCUT2D eigenvalue weighted by molar-refractivity contribution is 6.00. The Bertz CT molecular complexity index is 739. The molecule has 3 unspecified atom stereocenters. The van der Waals surface area contributed by atoms with Gasteiger partial charge >= 0.3 is 5.97 Å². The summed E-state index contributed by atoms with van der Waals surface area (Å²) in [5.41, 5.74) is 6.95. The van der Waals surface area contributed by atoms with Gasteiger partial charge in [-0.15, -0.1) is 0 Å². The highest BCUT2D eigenvalue weighted by Gasteiger charge is 2.62. The van der Waals surface area contributed by atoms with Crippen molar-refractivity contribution in [2.24, 2.45) is 23.0 Å². The molecular weight excluding hydrogens is 330 g/mol. The molecule has 1 amide bonds. The number of nitrogens with two attached hydrogens (primary N) is 1. The minimum atomic E-state index is -0.500. The fourth-order valence-electron chi connectivity index (χ4n) is 3.55. The smallest absolute Gasteiger partial charge is 0.310 e. The fraction of sp³-hybridized carbons (Fsp3) is 0.476. The third-order valence-electron chi connectivity index (χ3n) is 5.50. The summed E-state index contributed by atoms with van der Waals surface area (Å²) in [6, 6.07) is 0. The molecule has 5 heteroatoms. The third kappa shape index (κ3) is 3.87. The van der Waals surface area contributed by atoms with E-state index in [9.17, 15) is 14.4 Å². The number of Topliss-reactive ketones (excluding diaryl/α,β-unsaturated/α-hetero) is 1. The Balaban J connectivity index is 2.07. The average molecular weight is 357 g/mol. The molecule has 5 nitrogen and oxygen atoms in total. The summed E-state index contributed by atoms with van der Waals surface area (Å²) in [7, 11) is 0. The van der Waals surface area contributed by atoms with Crippen molar-refractivity contribution >= 4 is 17.7 Å². The molecule has 26 heavy (non-hydrogen) atoms. The van der Waals surface area contributed by atoms with Crippen LogP contribution < -0.4 is 5.73 Å². The molecule has 1 fully saturated rings. The van der Waals surface area contributed by atoms with Crippen molar-refractivity contribution in [3.63, 3.8) is 0 Å². The lowest BCUT2D eigenvalue weighted by Gasteiger charge is -2.13. The quantitative estimate of drug-likeness (QED) is 0.431. The molecule has 0 radical (unpaired) electrons. The predicted octanol–water partition coefficient (Wildman–Crippen LogP) is 3.02. The molecule has 2 rings (SSSR count). The summed E-state index contributed by atoms with van der Waals surface area (Å²) < 4.78 is 5.66. The van der Waals surface area contributed by atoms with Crippen LogP contribution in [-0.4, -0.2) is 23.8 Å². The van der Waals surface area contributed by atoms with Gasteiger partial charge in [0.1, 0.15) is 6.10 Å². The van der Waals surface area contributed by atoms with Crippen LogP contribution in [0.15, 0.2) is 47.6 Å². The van der Waals surface area contributed by atoms with Gasteiger partial charge in [0.05, 0.1) is 12.3 Å². The number of carbonyl (C=O) groups is 3. The van der Waals surface area contributed by atoms with E-state index in [1.165, 1.54) is 0 Å². The van der Waals surface area contributed by atoms with Gasteiger partial charge in [0.2, 0.25) is 5.91 Å². The number of amides is 1. The maximum Gasteiger partial charge on any atom is 0.310 e. The van der Waals surface area contributed by atoms with E-state index in [0.29, 0.717) is 17.6 Å². The fourth-order valence-corrected chi connectivity index (χ4v) is 3.55. The zero-order valence-electron chi connectivity index (χ0n) is 15.9. The molecule has 0 aromatic carbocycles. The summed E-state index contributed by atoms with van der Waals surface area (Å²) in [5, 5.41) is 0. The van der Waals surface area contributed by atoms with E-state index >= 15 is 0 Å². The van der Waals surface area contributed by atoms with Gasteiger partial charge in [0.15, 0.2) is 5.78 Å². The first kappa shape index (κ1) is 19.9. The molecule has 2 aliphatic carbocycles. The van der Waals surface area contributed by atoms with Crippen molar-refractivity contribution < 1.29 is 19.1 Å². The van der Waals surface area contributed by atoms with Gasteiger partial charge < -0.3 is 10.5 Å². The molecule has 2 aliphatic rings. The molecule has 0 spiro atoms. The molecular formula is C21H27NO4. The number of rotatable bonds is 7. The lowest BCUT2D eigenvalue weighted by Crippen LogP contribution is -2.20. The van der Waals surface area contributed by atoms with E-state index in [2.05, 4.69) is 6.58 Å². The molecule has 140 valence electrons. The molecule has 0 heterocycles. The van der Waals surface area contributed by atoms with Gasteiger partial charge in [-0.3, -0.25) is 14.4 Å². The van der Waals surface area contributed by atoms with Crippen LogP contribution in [0.2, 0.25) is 0 Å². The Labute approximate surface area is 154 Å².